The van der Waals surface area contributed by atoms with Gasteiger partial charge in [0, 0.05) is 10.0 Å². The molecule has 0 atom stereocenters. The van der Waals surface area contributed by atoms with Crippen molar-refractivity contribution in [3.8, 4) is 0 Å². The van der Waals surface area contributed by atoms with Crippen LogP contribution in [0.25, 0.3) is 0 Å². The summed E-state index contributed by atoms with van der Waals surface area (Å²) in [6.45, 7) is 1.53. The first-order chi connectivity index (χ1) is 12.5. The molecule has 1 saturated heterocycles. The highest BCUT2D eigenvalue weighted by molar-refractivity contribution is 9.10. The van der Waals surface area contributed by atoms with Gasteiger partial charge >= 0.3 is 5.97 Å². The van der Waals surface area contributed by atoms with Gasteiger partial charge in [-0.25, -0.2) is 4.79 Å². The number of piperidine rings is 1. The molecule has 1 aliphatic heterocycles. The molecule has 26 heavy (non-hydrogen) atoms. The van der Waals surface area contributed by atoms with Crippen LogP contribution in [0.15, 0.2) is 40.9 Å². The Kier molecular flexibility index (Phi) is 5.68. The van der Waals surface area contributed by atoms with Crippen molar-refractivity contribution in [2.45, 2.75) is 25.2 Å². The smallest absolute Gasteiger partial charge is 0.342 e. The standard InChI is InChI=1S/C19H19BrN2O4/c20-17-14(10-12-4-2-1-3-5-12)11-15(19(23)24)18(22(25)26)16(17)13-6-8-21-9-7-13/h1-5,11,13,21H,6-10H2,(H,23,24). The lowest BCUT2D eigenvalue weighted by atomic mass is 9.85. The largest absolute Gasteiger partial charge is 0.477 e. The highest BCUT2D eigenvalue weighted by Gasteiger charge is 2.33. The molecule has 0 spiro atoms. The molecule has 0 aromatic heterocycles. The van der Waals surface area contributed by atoms with E-state index in [4.69, 9.17) is 0 Å². The maximum atomic E-state index is 11.7. The SMILES string of the molecule is O=C(O)c1cc(Cc2ccccc2)c(Br)c(C2CCNCC2)c1[N+](=O)[O-]. The second kappa shape index (κ2) is 7.97. The van der Waals surface area contributed by atoms with Crippen LogP contribution in [-0.2, 0) is 6.42 Å². The van der Waals surface area contributed by atoms with Crippen molar-refractivity contribution in [1.29, 1.82) is 0 Å². The van der Waals surface area contributed by atoms with Crippen molar-refractivity contribution in [1.82, 2.24) is 5.32 Å². The van der Waals surface area contributed by atoms with Crippen LogP contribution >= 0.6 is 15.9 Å². The molecule has 136 valence electrons. The van der Waals surface area contributed by atoms with Gasteiger partial charge in [0.1, 0.15) is 5.56 Å². The molecule has 0 saturated carbocycles. The van der Waals surface area contributed by atoms with E-state index >= 15 is 0 Å². The number of nitrogens with one attached hydrogen (secondary N) is 1. The Morgan fingerprint density at radius 2 is 1.92 bits per heavy atom. The second-order valence-electron chi connectivity index (χ2n) is 6.41. The Balaban J connectivity index is 2.18. The van der Waals surface area contributed by atoms with Gasteiger partial charge in [-0.15, -0.1) is 0 Å². The van der Waals surface area contributed by atoms with Crippen LogP contribution in [0.1, 0.15) is 45.8 Å². The Bertz CT molecular complexity index is 833. The minimum absolute atomic E-state index is 0.0418. The summed E-state index contributed by atoms with van der Waals surface area (Å²) in [6.07, 6.45) is 2.00. The van der Waals surface area contributed by atoms with E-state index < -0.39 is 10.9 Å². The molecule has 0 unspecified atom stereocenters. The molecule has 2 aromatic carbocycles. The first-order valence-corrected chi connectivity index (χ1v) is 9.26. The number of nitro benzene ring substituents is 1. The van der Waals surface area contributed by atoms with Crippen LogP contribution in [0.5, 0.6) is 0 Å². The van der Waals surface area contributed by atoms with Crippen molar-refractivity contribution in [3.63, 3.8) is 0 Å². The summed E-state index contributed by atoms with van der Waals surface area (Å²) >= 11 is 3.56. The number of hydrogen-bond donors (Lipinski definition) is 2. The number of halogens is 1. The molecule has 1 fully saturated rings. The van der Waals surface area contributed by atoms with Crippen molar-refractivity contribution < 1.29 is 14.8 Å². The van der Waals surface area contributed by atoms with Gasteiger partial charge in [0.2, 0.25) is 0 Å². The van der Waals surface area contributed by atoms with E-state index in [-0.39, 0.29) is 17.2 Å². The van der Waals surface area contributed by atoms with Gasteiger partial charge < -0.3 is 10.4 Å². The average molecular weight is 419 g/mol. The van der Waals surface area contributed by atoms with E-state index in [0.29, 0.717) is 16.5 Å². The number of nitro groups is 1. The van der Waals surface area contributed by atoms with Crippen molar-refractivity contribution >= 4 is 27.6 Å². The van der Waals surface area contributed by atoms with Crippen molar-refractivity contribution in [2.24, 2.45) is 0 Å². The van der Waals surface area contributed by atoms with Crippen LogP contribution < -0.4 is 5.32 Å². The minimum Gasteiger partial charge on any atom is -0.477 e. The molecule has 1 heterocycles. The maximum absolute atomic E-state index is 11.7. The number of carboxylic acids is 1. The highest BCUT2D eigenvalue weighted by Crippen LogP contribution is 2.42. The molecule has 0 bridgehead atoms. The fraction of sp³-hybridized carbons (Fsp3) is 0.316. The summed E-state index contributed by atoms with van der Waals surface area (Å²) in [5.74, 6) is -1.31. The number of benzene rings is 2. The highest BCUT2D eigenvalue weighted by atomic mass is 79.9. The maximum Gasteiger partial charge on any atom is 0.342 e. The Hall–Kier alpha value is -2.25. The summed E-state index contributed by atoms with van der Waals surface area (Å²) < 4.78 is 0.657. The number of hydrogen-bond acceptors (Lipinski definition) is 4. The normalized spacial score (nSPS) is 15.0. The number of aromatic carboxylic acids is 1. The number of rotatable bonds is 5. The zero-order valence-corrected chi connectivity index (χ0v) is 15.7. The Labute approximate surface area is 159 Å². The van der Waals surface area contributed by atoms with Crippen molar-refractivity contribution in [3.05, 3.63) is 73.2 Å². The zero-order valence-electron chi connectivity index (χ0n) is 14.1. The summed E-state index contributed by atoms with van der Waals surface area (Å²) in [7, 11) is 0. The van der Waals surface area contributed by atoms with Gasteiger partial charge in [0.25, 0.3) is 5.69 Å². The third-order valence-electron chi connectivity index (χ3n) is 4.74. The summed E-state index contributed by atoms with van der Waals surface area (Å²) in [4.78, 5) is 22.9. The van der Waals surface area contributed by atoms with Crippen LogP contribution in [0, 0.1) is 10.1 Å². The summed E-state index contributed by atoms with van der Waals surface area (Å²) in [6, 6.07) is 11.1. The van der Waals surface area contributed by atoms with Crippen molar-refractivity contribution in [2.75, 3.05) is 13.1 Å². The van der Waals surface area contributed by atoms with Crippen LogP contribution in [0.4, 0.5) is 5.69 Å². The van der Waals surface area contributed by atoms with E-state index in [1.165, 1.54) is 6.07 Å². The molecule has 1 aliphatic rings. The van der Waals surface area contributed by atoms with Crippen LogP contribution in [-0.4, -0.2) is 29.1 Å². The third kappa shape index (κ3) is 3.78. The number of carbonyl (C=O) groups is 1. The van der Waals surface area contributed by atoms with Gasteiger partial charge in [-0.3, -0.25) is 10.1 Å². The van der Waals surface area contributed by atoms with Gasteiger partial charge in [0.05, 0.1) is 4.92 Å². The van der Waals surface area contributed by atoms with Gasteiger partial charge in [0.15, 0.2) is 0 Å². The predicted molar refractivity (Wildman–Crippen MR) is 102 cm³/mol. The average Bonchev–Trinajstić information content (AvgIpc) is 2.64. The second-order valence-corrected chi connectivity index (χ2v) is 7.20. The van der Waals surface area contributed by atoms with Crippen LogP contribution in [0.2, 0.25) is 0 Å². The van der Waals surface area contributed by atoms with Gasteiger partial charge in [-0.05, 0) is 71.4 Å². The van der Waals surface area contributed by atoms with E-state index in [0.717, 1.165) is 37.1 Å². The Morgan fingerprint density at radius 3 is 2.50 bits per heavy atom. The van der Waals surface area contributed by atoms with Crippen LogP contribution in [0.3, 0.4) is 0 Å². The van der Waals surface area contributed by atoms with Gasteiger partial charge in [-0.2, -0.15) is 0 Å². The minimum atomic E-state index is -1.27. The summed E-state index contributed by atoms with van der Waals surface area (Å²) in [5.41, 5.74) is 1.77. The first kappa shape index (κ1) is 18.5. The first-order valence-electron chi connectivity index (χ1n) is 8.46. The number of nitrogens with zero attached hydrogens (tertiary/aromatic N) is 1. The lowest BCUT2D eigenvalue weighted by molar-refractivity contribution is -0.386. The Morgan fingerprint density at radius 1 is 1.27 bits per heavy atom. The number of carboxylic acid groups (broad SMARTS) is 1. The fourth-order valence-electron chi connectivity index (χ4n) is 3.52. The molecule has 3 rings (SSSR count). The molecule has 2 aromatic rings. The molecule has 7 heteroatoms. The van der Waals surface area contributed by atoms with E-state index in [9.17, 15) is 20.0 Å². The monoisotopic (exact) mass is 418 g/mol. The molecule has 0 aliphatic carbocycles. The quantitative estimate of drug-likeness (QED) is 0.562. The molecule has 2 N–H and O–H groups in total. The topological polar surface area (TPSA) is 92.5 Å². The third-order valence-corrected chi connectivity index (χ3v) is 5.68. The van der Waals surface area contributed by atoms with E-state index in [2.05, 4.69) is 21.2 Å². The summed E-state index contributed by atoms with van der Waals surface area (Å²) in [5, 5.41) is 24.5. The molecular weight excluding hydrogens is 400 g/mol. The lowest BCUT2D eigenvalue weighted by Crippen LogP contribution is -2.27. The lowest BCUT2D eigenvalue weighted by Gasteiger charge is -2.25. The zero-order chi connectivity index (χ0) is 18.7. The molecule has 0 radical (unpaired) electrons. The molecule has 6 nitrogen and oxygen atoms in total. The predicted octanol–water partition coefficient (Wildman–Crippen LogP) is 4.11. The molecule has 0 amide bonds. The van der Waals surface area contributed by atoms with E-state index in [1.54, 1.807) is 0 Å². The fourth-order valence-corrected chi connectivity index (χ4v) is 4.28. The molecular formula is C19H19BrN2O4. The van der Waals surface area contributed by atoms with E-state index in [1.807, 2.05) is 30.3 Å². The van der Waals surface area contributed by atoms with Gasteiger partial charge in [-0.1, -0.05) is 30.3 Å².